The maximum absolute atomic E-state index is 13.1. The summed E-state index contributed by atoms with van der Waals surface area (Å²) in [7, 11) is 0. The van der Waals surface area contributed by atoms with Crippen LogP contribution in [0.25, 0.3) is 11.0 Å². The molecule has 2 aliphatic heterocycles. The van der Waals surface area contributed by atoms with E-state index in [4.69, 9.17) is 0 Å². The van der Waals surface area contributed by atoms with E-state index in [0.717, 1.165) is 64.8 Å². The number of nitrogens with zero attached hydrogens (tertiary/aromatic N) is 5. The zero-order chi connectivity index (χ0) is 19.1. The molecule has 4 heterocycles. The van der Waals surface area contributed by atoms with E-state index in [0.29, 0.717) is 18.7 Å². The van der Waals surface area contributed by atoms with Crippen molar-refractivity contribution < 1.29 is 4.79 Å². The lowest BCUT2D eigenvalue weighted by Crippen LogP contribution is -2.41. The summed E-state index contributed by atoms with van der Waals surface area (Å²) < 4.78 is 9.97. The minimum Gasteiger partial charge on any atom is -0.334 e. The van der Waals surface area contributed by atoms with Gasteiger partial charge in [0.2, 0.25) is 0 Å². The van der Waals surface area contributed by atoms with Crippen LogP contribution in [0.15, 0.2) is 29.1 Å². The average Bonchev–Trinajstić information content (AvgIpc) is 3.36. The van der Waals surface area contributed by atoms with E-state index in [1.54, 1.807) is 16.8 Å². The highest BCUT2D eigenvalue weighted by Crippen LogP contribution is 2.24. The van der Waals surface area contributed by atoms with Crippen molar-refractivity contribution in [1.29, 1.82) is 0 Å². The van der Waals surface area contributed by atoms with Crippen LogP contribution in [0.1, 0.15) is 34.5 Å². The summed E-state index contributed by atoms with van der Waals surface area (Å²) in [6, 6.07) is 7.15. The molecule has 1 atom stereocenters. The van der Waals surface area contributed by atoms with Gasteiger partial charge in [-0.2, -0.15) is 25.6 Å². The van der Waals surface area contributed by atoms with Crippen molar-refractivity contribution >= 4 is 40.4 Å². The van der Waals surface area contributed by atoms with Crippen molar-refractivity contribution in [2.24, 2.45) is 0 Å². The van der Waals surface area contributed by atoms with E-state index in [9.17, 15) is 9.59 Å². The quantitative estimate of drug-likeness (QED) is 0.656. The number of fused-ring (bicyclic) bond motifs is 2. The average molecular weight is 414 g/mol. The zero-order valence-electron chi connectivity index (χ0n) is 15.2. The second-order valence-corrected chi connectivity index (χ2v) is 8.84. The number of hydrogen-bond acceptors (Lipinski definition) is 7. The first-order valence-corrected chi connectivity index (χ1v) is 11.3. The third kappa shape index (κ3) is 3.22. The number of rotatable bonds is 3. The molecule has 28 heavy (non-hydrogen) atoms. The molecule has 7 nitrogen and oxygen atoms in total. The summed E-state index contributed by atoms with van der Waals surface area (Å²) in [5, 5.41) is 4.61. The maximum Gasteiger partial charge on any atom is 0.267 e. The molecule has 1 aromatic carbocycles. The highest BCUT2D eigenvalue weighted by Gasteiger charge is 2.30. The first kappa shape index (κ1) is 17.8. The minimum absolute atomic E-state index is 0.0141. The number of aromatic nitrogens is 4. The fraction of sp³-hybridized carbons (Fsp3) is 0.421. The molecular formula is C19H19N5O2S2. The summed E-state index contributed by atoms with van der Waals surface area (Å²) >= 11 is 2.99. The number of thioether (sulfide) groups is 1. The summed E-state index contributed by atoms with van der Waals surface area (Å²) in [5.74, 6) is 1.89. The zero-order valence-corrected chi connectivity index (χ0v) is 16.8. The standard InChI is InChI=1S/C19H19N5O2S2/c25-18-9-13-11-27-7-5-15(13)20-24(18)10-14-2-1-6-23(14)19(26)12-3-4-16-17(8-12)22-28-21-16/h3-4,8-9,14H,1-2,5-7,10-11H2. The minimum atomic E-state index is -0.0736. The molecule has 9 heteroatoms. The van der Waals surface area contributed by atoms with Crippen LogP contribution in [-0.2, 0) is 18.7 Å². The molecule has 0 N–H and O–H groups in total. The highest BCUT2D eigenvalue weighted by atomic mass is 32.2. The number of amides is 1. The number of carbonyl (C=O) groups excluding carboxylic acids is 1. The van der Waals surface area contributed by atoms with Crippen LogP contribution in [0.2, 0.25) is 0 Å². The van der Waals surface area contributed by atoms with Crippen molar-refractivity contribution in [2.75, 3.05) is 12.3 Å². The van der Waals surface area contributed by atoms with Crippen LogP contribution in [0.3, 0.4) is 0 Å². The van der Waals surface area contributed by atoms with Crippen LogP contribution in [0, 0.1) is 0 Å². The molecule has 2 aliphatic rings. The molecule has 0 saturated carbocycles. The van der Waals surface area contributed by atoms with Crippen molar-refractivity contribution in [3.8, 4) is 0 Å². The van der Waals surface area contributed by atoms with Crippen LogP contribution in [0.4, 0.5) is 0 Å². The third-order valence-electron chi connectivity index (χ3n) is 5.43. The van der Waals surface area contributed by atoms with Gasteiger partial charge in [-0.3, -0.25) is 9.59 Å². The Bertz CT molecular complexity index is 1110. The fourth-order valence-electron chi connectivity index (χ4n) is 3.96. The van der Waals surface area contributed by atoms with Crippen LogP contribution >= 0.6 is 23.5 Å². The van der Waals surface area contributed by atoms with Gasteiger partial charge in [0, 0.05) is 30.3 Å². The second kappa shape index (κ2) is 7.29. The molecule has 0 aliphatic carbocycles. The summed E-state index contributed by atoms with van der Waals surface area (Å²) in [6.45, 7) is 1.15. The number of benzene rings is 1. The Labute approximate surface area is 170 Å². The first-order valence-electron chi connectivity index (χ1n) is 9.40. The van der Waals surface area contributed by atoms with Gasteiger partial charge in [-0.05, 0) is 42.4 Å². The normalized spacial score (nSPS) is 19.1. The molecule has 5 rings (SSSR count). The monoisotopic (exact) mass is 413 g/mol. The molecule has 1 fully saturated rings. The van der Waals surface area contributed by atoms with E-state index in [1.807, 2.05) is 28.8 Å². The van der Waals surface area contributed by atoms with Crippen molar-refractivity contribution in [2.45, 2.75) is 37.6 Å². The molecule has 1 amide bonds. The van der Waals surface area contributed by atoms with Gasteiger partial charge >= 0.3 is 0 Å². The Balaban J connectivity index is 1.39. The molecule has 0 spiro atoms. The lowest BCUT2D eigenvalue weighted by atomic mass is 10.1. The topological polar surface area (TPSA) is 81.0 Å². The van der Waals surface area contributed by atoms with Crippen LogP contribution < -0.4 is 5.56 Å². The molecule has 1 saturated heterocycles. The number of aryl methyl sites for hydroxylation is 1. The van der Waals surface area contributed by atoms with Gasteiger partial charge < -0.3 is 4.90 Å². The maximum atomic E-state index is 13.1. The Hall–Kier alpha value is -2.26. The number of hydrogen-bond donors (Lipinski definition) is 0. The highest BCUT2D eigenvalue weighted by molar-refractivity contribution is 7.98. The molecule has 144 valence electrons. The molecule has 0 bridgehead atoms. The lowest BCUT2D eigenvalue weighted by Gasteiger charge is -2.25. The Kier molecular flexibility index (Phi) is 4.64. The Morgan fingerprint density at radius 1 is 1.21 bits per heavy atom. The summed E-state index contributed by atoms with van der Waals surface area (Å²) in [4.78, 5) is 27.5. The summed E-state index contributed by atoms with van der Waals surface area (Å²) in [5.41, 5.74) is 4.18. The fourth-order valence-corrected chi connectivity index (χ4v) is 5.43. The van der Waals surface area contributed by atoms with Crippen LogP contribution in [0.5, 0.6) is 0 Å². The molecule has 2 aromatic heterocycles. The lowest BCUT2D eigenvalue weighted by molar-refractivity contribution is 0.0720. The van der Waals surface area contributed by atoms with Gasteiger partial charge in [0.1, 0.15) is 11.0 Å². The number of likely N-dealkylation sites (tertiary alicyclic amines) is 1. The largest absolute Gasteiger partial charge is 0.334 e. The number of carbonyl (C=O) groups is 1. The van der Waals surface area contributed by atoms with E-state index < -0.39 is 0 Å². The van der Waals surface area contributed by atoms with Crippen LogP contribution in [-0.4, -0.2) is 47.7 Å². The molecule has 0 radical (unpaired) electrons. The van der Waals surface area contributed by atoms with Crippen molar-refractivity contribution in [3.05, 3.63) is 51.4 Å². The Morgan fingerprint density at radius 2 is 2.11 bits per heavy atom. The molecule has 1 unspecified atom stereocenters. The van der Waals surface area contributed by atoms with E-state index >= 15 is 0 Å². The van der Waals surface area contributed by atoms with E-state index in [1.165, 1.54) is 0 Å². The van der Waals surface area contributed by atoms with Gasteiger partial charge in [0.25, 0.3) is 11.5 Å². The smallest absolute Gasteiger partial charge is 0.267 e. The second-order valence-electron chi connectivity index (χ2n) is 7.20. The van der Waals surface area contributed by atoms with Gasteiger partial charge in [0.15, 0.2) is 0 Å². The van der Waals surface area contributed by atoms with Gasteiger partial charge in [-0.25, -0.2) is 4.68 Å². The predicted molar refractivity (Wildman–Crippen MR) is 110 cm³/mol. The van der Waals surface area contributed by atoms with Crippen molar-refractivity contribution in [3.63, 3.8) is 0 Å². The van der Waals surface area contributed by atoms with E-state index in [-0.39, 0.29) is 17.5 Å². The van der Waals surface area contributed by atoms with Gasteiger partial charge in [-0.15, -0.1) is 0 Å². The predicted octanol–water partition coefficient (Wildman–Crippen LogP) is 2.34. The molecule has 3 aromatic rings. The first-order chi connectivity index (χ1) is 13.7. The summed E-state index contributed by atoms with van der Waals surface area (Å²) in [6.07, 6.45) is 2.72. The van der Waals surface area contributed by atoms with E-state index in [2.05, 4.69) is 13.8 Å². The SMILES string of the molecule is O=C(c1ccc2nsnc2c1)N1CCCC1Cn1nc2c(cc1=O)CSCC2. The Morgan fingerprint density at radius 3 is 3.04 bits per heavy atom. The van der Waals surface area contributed by atoms with Crippen molar-refractivity contribution in [1.82, 2.24) is 23.4 Å². The van der Waals surface area contributed by atoms with Gasteiger partial charge in [-0.1, -0.05) is 0 Å². The third-order valence-corrected chi connectivity index (χ3v) is 6.99. The van der Waals surface area contributed by atoms with Gasteiger partial charge in [0.05, 0.1) is 30.0 Å². The molecular weight excluding hydrogens is 394 g/mol.